The molecule has 0 heterocycles. The summed E-state index contributed by atoms with van der Waals surface area (Å²) in [5.41, 5.74) is 1.26. The van der Waals surface area contributed by atoms with Crippen LogP contribution in [0.5, 0.6) is 0 Å². The van der Waals surface area contributed by atoms with E-state index in [1.807, 2.05) is 6.07 Å². The largest absolute Gasteiger partial charge is 0.465 e. The molecular formula is C21H23NO6. The van der Waals surface area contributed by atoms with Crippen molar-refractivity contribution in [3.05, 3.63) is 71.8 Å². The molecule has 0 saturated carbocycles. The number of carbonyl (C=O) groups is 4. The Morgan fingerprint density at radius 2 is 1.71 bits per heavy atom. The summed E-state index contributed by atoms with van der Waals surface area (Å²) in [5, 5.41) is 0. The number of allylic oxidation sites excluding steroid dienone is 1. The Labute approximate surface area is 163 Å². The zero-order chi connectivity index (χ0) is 21.1. The molecule has 1 aromatic carbocycles. The van der Waals surface area contributed by atoms with Gasteiger partial charge >= 0.3 is 12.1 Å². The highest BCUT2D eigenvalue weighted by atomic mass is 16.6. The lowest BCUT2D eigenvalue weighted by Crippen LogP contribution is -2.38. The molecule has 0 N–H and O–H groups in total. The second-order valence-electron chi connectivity index (χ2n) is 5.80. The Hall–Kier alpha value is -3.48. The summed E-state index contributed by atoms with van der Waals surface area (Å²) < 4.78 is 9.87. The molecule has 7 heteroatoms. The summed E-state index contributed by atoms with van der Waals surface area (Å²) in [5.74, 6) is -1.74. The van der Waals surface area contributed by atoms with Gasteiger partial charge in [-0.05, 0) is 31.1 Å². The second-order valence-corrected chi connectivity index (χ2v) is 5.80. The highest BCUT2D eigenvalue weighted by Gasteiger charge is 2.23. The summed E-state index contributed by atoms with van der Waals surface area (Å²) >= 11 is 0. The fourth-order valence-electron chi connectivity index (χ4n) is 2.17. The van der Waals surface area contributed by atoms with Crippen LogP contribution >= 0.6 is 0 Å². The van der Waals surface area contributed by atoms with Gasteiger partial charge in [-0.2, -0.15) is 0 Å². The maximum absolute atomic E-state index is 12.5. The molecular weight excluding hydrogens is 362 g/mol. The highest BCUT2D eigenvalue weighted by molar-refractivity contribution is 6.02. The minimum atomic E-state index is -0.908. The molecule has 28 heavy (non-hydrogen) atoms. The lowest BCUT2D eigenvalue weighted by molar-refractivity contribution is -0.136. The lowest BCUT2D eigenvalue weighted by atomic mass is 10.1. The van der Waals surface area contributed by atoms with Crippen LogP contribution in [0.3, 0.4) is 0 Å². The van der Waals surface area contributed by atoms with Gasteiger partial charge in [-0.15, -0.1) is 0 Å². The number of esters is 1. The minimum Gasteiger partial charge on any atom is -0.465 e. The monoisotopic (exact) mass is 385 g/mol. The number of benzene rings is 1. The van der Waals surface area contributed by atoms with Crippen molar-refractivity contribution in [1.82, 2.24) is 4.90 Å². The number of methoxy groups -OCH3 is 1. The van der Waals surface area contributed by atoms with E-state index in [0.717, 1.165) is 22.6 Å². The van der Waals surface area contributed by atoms with Gasteiger partial charge in [0.05, 0.1) is 19.2 Å². The van der Waals surface area contributed by atoms with Gasteiger partial charge in [0.25, 0.3) is 5.91 Å². The molecule has 0 saturated heterocycles. The third-order valence-corrected chi connectivity index (χ3v) is 3.62. The van der Waals surface area contributed by atoms with Gasteiger partial charge in [0.15, 0.2) is 5.78 Å². The van der Waals surface area contributed by atoms with Crippen molar-refractivity contribution < 1.29 is 28.7 Å². The highest BCUT2D eigenvalue weighted by Crippen LogP contribution is 2.12. The van der Waals surface area contributed by atoms with Gasteiger partial charge in [0.1, 0.15) is 6.61 Å². The summed E-state index contributed by atoms with van der Waals surface area (Å²) in [4.78, 5) is 48.6. The van der Waals surface area contributed by atoms with Crippen LogP contribution in [0.25, 0.3) is 0 Å². The zero-order valence-corrected chi connectivity index (χ0v) is 16.1. The van der Waals surface area contributed by atoms with Crippen LogP contribution in [0.2, 0.25) is 0 Å². The van der Waals surface area contributed by atoms with Gasteiger partial charge < -0.3 is 9.47 Å². The van der Waals surface area contributed by atoms with E-state index >= 15 is 0 Å². The molecule has 0 aliphatic rings. The first-order valence-corrected chi connectivity index (χ1v) is 8.41. The molecule has 148 valence electrons. The fourth-order valence-corrected chi connectivity index (χ4v) is 2.17. The molecule has 0 fully saturated rings. The maximum atomic E-state index is 12.5. The van der Waals surface area contributed by atoms with E-state index in [0.29, 0.717) is 5.57 Å². The van der Waals surface area contributed by atoms with Crippen LogP contribution in [0.4, 0.5) is 4.79 Å². The molecule has 1 aromatic rings. The van der Waals surface area contributed by atoms with Crippen LogP contribution in [0.15, 0.2) is 66.3 Å². The van der Waals surface area contributed by atoms with Crippen molar-refractivity contribution in [2.75, 3.05) is 13.7 Å². The van der Waals surface area contributed by atoms with E-state index in [9.17, 15) is 19.2 Å². The van der Waals surface area contributed by atoms with Crippen molar-refractivity contribution in [3.8, 4) is 0 Å². The molecule has 0 bridgehead atoms. The number of amides is 2. The second kappa shape index (κ2) is 11.3. The molecule has 2 amide bonds. The summed E-state index contributed by atoms with van der Waals surface area (Å²) in [6.07, 6.45) is 2.40. The average Bonchev–Trinajstić information content (AvgIpc) is 2.69. The SMILES string of the molecule is C=C/C(C(=O)OC)=C(/C)CN(C(=O)/C=C/C(C)=O)C(=O)OCc1ccccc1. The van der Waals surface area contributed by atoms with E-state index in [2.05, 4.69) is 11.3 Å². The van der Waals surface area contributed by atoms with E-state index in [4.69, 9.17) is 4.74 Å². The number of ether oxygens (including phenoxy) is 2. The van der Waals surface area contributed by atoms with Gasteiger partial charge in [0.2, 0.25) is 0 Å². The Morgan fingerprint density at radius 1 is 1.07 bits per heavy atom. The molecule has 0 atom stereocenters. The standard InChI is InChI=1S/C21H23NO6/c1-5-18(20(25)27-4)15(2)13-22(19(24)12-11-16(3)23)21(26)28-14-17-9-7-6-8-10-17/h5-12H,1,13-14H2,2-4H3/b12-11+,18-15+. The molecule has 0 aliphatic heterocycles. The number of carbonyl (C=O) groups excluding carboxylic acids is 4. The van der Waals surface area contributed by atoms with Crippen molar-refractivity contribution in [3.63, 3.8) is 0 Å². The third-order valence-electron chi connectivity index (χ3n) is 3.62. The topological polar surface area (TPSA) is 90.0 Å². The molecule has 0 unspecified atom stereocenters. The molecule has 0 aliphatic carbocycles. The number of ketones is 1. The van der Waals surface area contributed by atoms with Gasteiger partial charge in [-0.1, -0.05) is 43.0 Å². The zero-order valence-electron chi connectivity index (χ0n) is 16.1. The van der Waals surface area contributed by atoms with Crippen LogP contribution in [0.1, 0.15) is 19.4 Å². The van der Waals surface area contributed by atoms with Gasteiger partial charge in [0, 0.05) is 6.08 Å². The van der Waals surface area contributed by atoms with Crippen LogP contribution < -0.4 is 0 Å². The Bertz CT molecular complexity index is 807. The van der Waals surface area contributed by atoms with E-state index in [1.165, 1.54) is 20.1 Å². The summed E-state index contributed by atoms with van der Waals surface area (Å²) in [6, 6.07) is 8.95. The number of nitrogens with zero attached hydrogens (tertiary/aromatic N) is 1. The minimum absolute atomic E-state index is 0.0338. The molecule has 0 radical (unpaired) electrons. The molecule has 0 aromatic heterocycles. The van der Waals surface area contributed by atoms with Crippen LogP contribution in [0, 0.1) is 0 Å². The average molecular weight is 385 g/mol. The van der Waals surface area contributed by atoms with Crippen molar-refractivity contribution in [2.24, 2.45) is 0 Å². The molecule has 0 spiro atoms. The van der Waals surface area contributed by atoms with E-state index < -0.39 is 18.0 Å². The third kappa shape index (κ3) is 7.03. The number of imide groups is 1. The first kappa shape index (κ1) is 22.6. The maximum Gasteiger partial charge on any atom is 0.417 e. The van der Waals surface area contributed by atoms with Crippen LogP contribution in [-0.4, -0.2) is 42.3 Å². The Kier molecular flexibility index (Phi) is 9.09. The summed E-state index contributed by atoms with van der Waals surface area (Å²) in [6.45, 7) is 6.12. The quantitative estimate of drug-likeness (QED) is 0.388. The Balaban J connectivity index is 3.06. The number of rotatable bonds is 8. The molecule has 7 nitrogen and oxygen atoms in total. The van der Waals surface area contributed by atoms with Crippen molar-refractivity contribution in [2.45, 2.75) is 20.5 Å². The number of hydrogen-bond donors (Lipinski definition) is 0. The van der Waals surface area contributed by atoms with Gasteiger partial charge in [-0.25, -0.2) is 14.5 Å². The predicted octanol–water partition coefficient (Wildman–Crippen LogP) is 2.97. The van der Waals surface area contributed by atoms with Gasteiger partial charge in [-0.3, -0.25) is 9.59 Å². The first-order chi connectivity index (χ1) is 13.3. The summed E-state index contributed by atoms with van der Waals surface area (Å²) in [7, 11) is 1.21. The Morgan fingerprint density at radius 3 is 2.25 bits per heavy atom. The normalized spacial score (nSPS) is 11.4. The predicted molar refractivity (Wildman–Crippen MR) is 103 cm³/mol. The first-order valence-electron chi connectivity index (χ1n) is 8.41. The number of hydrogen-bond acceptors (Lipinski definition) is 6. The lowest BCUT2D eigenvalue weighted by Gasteiger charge is -2.20. The van der Waals surface area contributed by atoms with E-state index in [1.54, 1.807) is 31.2 Å². The smallest absolute Gasteiger partial charge is 0.417 e. The fraction of sp³-hybridized carbons (Fsp3) is 0.238. The van der Waals surface area contributed by atoms with Crippen molar-refractivity contribution >= 4 is 23.8 Å². The van der Waals surface area contributed by atoms with Crippen molar-refractivity contribution in [1.29, 1.82) is 0 Å². The molecule has 1 rings (SSSR count). The van der Waals surface area contributed by atoms with E-state index in [-0.39, 0.29) is 24.5 Å². The van der Waals surface area contributed by atoms with Crippen LogP contribution in [-0.2, 0) is 30.5 Å².